The van der Waals surface area contributed by atoms with Crippen molar-refractivity contribution >= 4 is 23.5 Å². The molecule has 140 valence electrons. The fraction of sp³-hybridized carbons (Fsp3) is 0.500. The van der Waals surface area contributed by atoms with E-state index in [0.717, 1.165) is 0 Å². The smallest absolute Gasteiger partial charge is 0.303 e. The van der Waals surface area contributed by atoms with E-state index in [0.29, 0.717) is 31.6 Å². The molecule has 0 N–H and O–H groups in total. The number of carbonyl (C=O) groups excluding carboxylic acids is 3. The Morgan fingerprint density at radius 1 is 1.35 bits per heavy atom. The number of amides is 2. The molecule has 2 amide bonds. The first-order valence-electron chi connectivity index (χ1n) is 8.50. The van der Waals surface area contributed by atoms with Crippen LogP contribution in [0.5, 0.6) is 0 Å². The summed E-state index contributed by atoms with van der Waals surface area (Å²) in [6, 6.07) is 5.85. The number of carbonyl (C=O) groups is 3. The summed E-state index contributed by atoms with van der Waals surface area (Å²) in [5.41, 5.74) is -0.231. The van der Waals surface area contributed by atoms with Crippen LogP contribution in [0.25, 0.3) is 0 Å². The molecule has 2 aliphatic rings. The average molecular weight is 364 g/mol. The number of rotatable bonds is 3. The van der Waals surface area contributed by atoms with Gasteiger partial charge in [-0.25, -0.2) is 4.39 Å². The van der Waals surface area contributed by atoms with Crippen molar-refractivity contribution in [2.45, 2.75) is 25.4 Å². The second kappa shape index (κ2) is 7.41. The lowest BCUT2D eigenvalue weighted by Gasteiger charge is -2.47. The van der Waals surface area contributed by atoms with E-state index in [1.54, 1.807) is 17.0 Å². The summed E-state index contributed by atoms with van der Waals surface area (Å²) in [6.07, 6.45) is 1.39. The summed E-state index contributed by atoms with van der Waals surface area (Å²) in [7, 11) is 0. The topological polar surface area (TPSA) is 76.2 Å². The number of morpholine rings is 1. The normalized spacial score (nSPS) is 23.2. The first kappa shape index (κ1) is 18.3. The van der Waals surface area contributed by atoms with E-state index in [2.05, 4.69) is 0 Å². The Kier molecular flexibility index (Phi) is 5.22. The number of benzene rings is 1. The minimum absolute atomic E-state index is 0.123. The van der Waals surface area contributed by atoms with Gasteiger partial charge in [-0.15, -0.1) is 0 Å². The van der Waals surface area contributed by atoms with Crippen molar-refractivity contribution < 1.29 is 28.2 Å². The van der Waals surface area contributed by atoms with Gasteiger partial charge in [0.2, 0.25) is 0 Å². The van der Waals surface area contributed by atoms with Crippen molar-refractivity contribution in [2.24, 2.45) is 0 Å². The van der Waals surface area contributed by atoms with Crippen LogP contribution >= 0.6 is 0 Å². The third-order valence-corrected chi connectivity index (χ3v) is 4.66. The molecule has 2 aliphatic heterocycles. The number of halogens is 1. The Labute approximate surface area is 150 Å². The van der Waals surface area contributed by atoms with E-state index < -0.39 is 17.4 Å². The number of nitrogens with zero attached hydrogens (tertiary/aromatic N) is 2. The van der Waals surface area contributed by atoms with Crippen LogP contribution in [0.3, 0.4) is 0 Å². The number of ether oxygens (including phenoxy) is 2. The lowest BCUT2D eigenvalue weighted by atomic mass is 9.90. The fourth-order valence-corrected chi connectivity index (χ4v) is 3.41. The van der Waals surface area contributed by atoms with Gasteiger partial charge in [-0.05, 0) is 31.0 Å². The van der Waals surface area contributed by atoms with Gasteiger partial charge in [-0.1, -0.05) is 6.07 Å². The van der Waals surface area contributed by atoms with Crippen LogP contribution in [-0.2, 0) is 23.9 Å². The molecule has 7 nitrogen and oxygen atoms in total. The van der Waals surface area contributed by atoms with Crippen molar-refractivity contribution in [1.82, 2.24) is 4.90 Å². The molecule has 1 spiro atoms. The predicted molar refractivity (Wildman–Crippen MR) is 89.9 cm³/mol. The molecule has 1 aromatic rings. The lowest BCUT2D eigenvalue weighted by molar-refractivity contribution is -0.159. The predicted octanol–water partition coefficient (Wildman–Crippen LogP) is 1.11. The Hall–Kier alpha value is -2.48. The SMILES string of the molecule is CC(=O)OCC(=O)N1CCCC2(C1)CN(c1cccc(F)c1)C(=O)CO2. The van der Waals surface area contributed by atoms with Gasteiger partial charge in [0.05, 0.1) is 13.1 Å². The maximum atomic E-state index is 13.5. The van der Waals surface area contributed by atoms with E-state index in [1.807, 2.05) is 0 Å². The van der Waals surface area contributed by atoms with E-state index in [4.69, 9.17) is 9.47 Å². The zero-order chi connectivity index (χ0) is 18.7. The second-order valence-corrected chi connectivity index (χ2v) is 6.63. The van der Waals surface area contributed by atoms with Crippen molar-refractivity contribution in [3.63, 3.8) is 0 Å². The average Bonchev–Trinajstić information content (AvgIpc) is 2.62. The number of likely N-dealkylation sites (tertiary alicyclic amines) is 1. The number of esters is 1. The highest BCUT2D eigenvalue weighted by molar-refractivity contribution is 5.95. The maximum Gasteiger partial charge on any atom is 0.303 e. The Morgan fingerprint density at radius 3 is 2.88 bits per heavy atom. The fourth-order valence-electron chi connectivity index (χ4n) is 3.41. The Bertz CT molecular complexity index is 725. The van der Waals surface area contributed by atoms with Gasteiger partial charge in [0.15, 0.2) is 6.61 Å². The molecule has 0 aliphatic carbocycles. The molecule has 3 rings (SSSR count). The van der Waals surface area contributed by atoms with Gasteiger partial charge in [0, 0.05) is 19.2 Å². The first-order chi connectivity index (χ1) is 12.4. The molecule has 2 saturated heterocycles. The summed E-state index contributed by atoms with van der Waals surface area (Å²) in [6.45, 7) is 1.90. The van der Waals surface area contributed by atoms with Crippen LogP contribution in [-0.4, -0.2) is 61.1 Å². The van der Waals surface area contributed by atoms with Gasteiger partial charge < -0.3 is 19.3 Å². The first-order valence-corrected chi connectivity index (χ1v) is 8.50. The van der Waals surface area contributed by atoms with Crippen LogP contribution < -0.4 is 4.90 Å². The highest BCUT2D eigenvalue weighted by atomic mass is 19.1. The van der Waals surface area contributed by atoms with Crippen LogP contribution in [0.2, 0.25) is 0 Å². The van der Waals surface area contributed by atoms with Crippen LogP contribution in [0.4, 0.5) is 10.1 Å². The summed E-state index contributed by atoms with van der Waals surface area (Å²) in [5.74, 6) is -1.47. The summed E-state index contributed by atoms with van der Waals surface area (Å²) in [4.78, 5) is 38.5. The number of hydrogen-bond acceptors (Lipinski definition) is 5. The molecule has 0 saturated carbocycles. The number of piperidine rings is 1. The molecule has 2 fully saturated rings. The van der Waals surface area contributed by atoms with Crippen molar-refractivity contribution in [2.75, 3.05) is 37.7 Å². The highest BCUT2D eigenvalue weighted by Gasteiger charge is 2.44. The number of anilines is 1. The molecule has 1 aromatic carbocycles. The third kappa shape index (κ3) is 4.01. The van der Waals surface area contributed by atoms with Gasteiger partial charge in [-0.3, -0.25) is 14.4 Å². The second-order valence-electron chi connectivity index (χ2n) is 6.63. The molecule has 26 heavy (non-hydrogen) atoms. The molecule has 0 radical (unpaired) electrons. The molecule has 2 heterocycles. The summed E-state index contributed by atoms with van der Waals surface area (Å²) in [5, 5.41) is 0. The van der Waals surface area contributed by atoms with Crippen molar-refractivity contribution in [1.29, 1.82) is 0 Å². The Balaban J connectivity index is 1.73. The standard InChI is InChI=1S/C18H21FN2O5/c1-13(22)25-9-16(23)20-7-3-6-18(11-20)12-21(17(24)10-26-18)15-5-2-4-14(19)8-15/h2,4-5,8H,3,6-7,9-12H2,1H3. The van der Waals surface area contributed by atoms with Crippen LogP contribution in [0.1, 0.15) is 19.8 Å². The Morgan fingerprint density at radius 2 is 2.15 bits per heavy atom. The van der Waals surface area contributed by atoms with Gasteiger partial charge >= 0.3 is 5.97 Å². The molecule has 8 heteroatoms. The van der Waals surface area contributed by atoms with Crippen LogP contribution in [0.15, 0.2) is 24.3 Å². The van der Waals surface area contributed by atoms with E-state index in [1.165, 1.54) is 24.0 Å². The van der Waals surface area contributed by atoms with Crippen LogP contribution in [0, 0.1) is 5.82 Å². The molecule has 1 atom stereocenters. The third-order valence-electron chi connectivity index (χ3n) is 4.66. The van der Waals surface area contributed by atoms with E-state index >= 15 is 0 Å². The monoisotopic (exact) mass is 364 g/mol. The van der Waals surface area contributed by atoms with Gasteiger partial charge in [0.25, 0.3) is 11.8 Å². The maximum absolute atomic E-state index is 13.5. The lowest BCUT2D eigenvalue weighted by Crippen LogP contribution is -2.62. The van der Waals surface area contributed by atoms with E-state index in [9.17, 15) is 18.8 Å². The zero-order valence-corrected chi connectivity index (χ0v) is 14.6. The minimum Gasteiger partial charge on any atom is -0.456 e. The molecular weight excluding hydrogens is 343 g/mol. The minimum atomic E-state index is -0.704. The van der Waals surface area contributed by atoms with Gasteiger partial charge in [0.1, 0.15) is 18.0 Å². The largest absolute Gasteiger partial charge is 0.456 e. The summed E-state index contributed by atoms with van der Waals surface area (Å²) >= 11 is 0. The van der Waals surface area contributed by atoms with Crippen molar-refractivity contribution in [3.8, 4) is 0 Å². The summed E-state index contributed by atoms with van der Waals surface area (Å²) < 4.78 is 24.1. The van der Waals surface area contributed by atoms with Gasteiger partial charge in [-0.2, -0.15) is 0 Å². The van der Waals surface area contributed by atoms with Crippen molar-refractivity contribution in [3.05, 3.63) is 30.1 Å². The molecule has 0 bridgehead atoms. The van der Waals surface area contributed by atoms with E-state index in [-0.39, 0.29) is 31.6 Å². The molecular formula is C18H21FN2O5. The highest BCUT2D eigenvalue weighted by Crippen LogP contribution is 2.32. The number of hydrogen-bond donors (Lipinski definition) is 0. The molecule has 0 aromatic heterocycles. The molecule has 1 unspecified atom stereocenters. The quantitative estimate of drug-likeness (QED) is 0.751. The zero-order valence-electron chi connectivity index (χ0n) is 14.6.